The van der Waals surface area contributed by atoms with E-state index in [2.05, 4.69) is 81.0 Å². The molecule has 2 aromatic rings. The molecule has 24 heavy (non-hydrogen) atoms. The van der Waals surface area contributed by atoms with Crippen LogP contribution in [0.25, 0.3) is 6.08 Å². The van der Waals surface area contributed by atoms with Gasteiger partial charge >= 0.3 is 0 Å². The van der Waals surface area contributed by atoms with Gasteiger partial charge in [-0.05, 0) is 49.7 Å². The van der Waals surface area contributed by atoms with Crippen LogP contribution in [0, 0.1) is 0 Å². The Morgan fingerprint density at radius 1 is 1.08 bits per heavy atom. The number of nitrogens with zero attached hydrogens (tertiary/aromatic N) is 2. The highest BCUT2D eigenvalue weighted by Crippen LogP contribution is 2.18. The maximum Gasteiger partial charge on any atom is 0.0566 e. The molecule has 0 aliphatic heterocycles. The molecule has 2 aromatic carbocycles. The van der Waals surface area contributed by atoms with Gasteiger partial charge in [0.1, 0.15) is 0 Å². The molecule has 0 spiro atoms. The van der Waals surface area contributed by atoms with E-state index in [1.807, 2.05) is 6.08 Å². The first-order valence-electron chi connectivity index (χ1n) is 8.61. The molecule has 0 fully saturated rings. The number of benzene rings is 2. The Kier molecular flexibility index (Phi) is 6.95. The smallest absolute Gasteiger partial charge is 0.0566 e. The quantitative estimate of drug-likeness (QED) is 0.645. The van der Waals surface area contributed by atoms with Crippen LogP contribution in [0.5, 0.6) is 0 Å². The molecule has 0 aliphatic rings. The summed E-state index contributed by atoms with van der Waals surface area (Å²) < 4.78 is 0. The van der Waals surface area contributed by atoms with Gasteiger partial charge in [-0.3, -0.25) is 4.99 Å². The summed E-state index contributed by atoms with van der Waals surface area (Å²) >= 11 is 0. The normalized spacial score (nSPS) is 11.8. The van der Waals surface area contributed by atoms with Gasteiger partial charge in [-0.1, -0.05) is 62.0 Å². The summed E-state index contributed by atoms with van der Waals surface area (Å²) in [6.45, 7) is 7.85. The summed E-state index contributed by atoms with van der Waals surface area (Å²) in [5, 5.41) is 0. The molecule has 0 unspecified atom stereocenters. The van der Waals surface area contributed by atoms with Gasteiger partial charge in [0.2, 0.25) is 0 Å². The fraction of sp³-hybridized carbons (Fsp3) is 0.318. The van der Waals surface area contributed by atoms with Crippen molar-refractivity contribution in [3.63, 3.8) is 0 Å². The van der Waals surface area contributed by atoms with Gasteiger partial charge in [0.05, 0.1) is 5.71 Å². The zero-order chi connectivity index (χ0) is 17.4. The number of aliphatic imine (C=N–C) groups is 1. The van der Waals surface area contributed by atoms with Gasteiger partial charge in [0, 0.05) is 18.7 Å². The minimum absolute atomic E-state index is 0.843. The number of rotatable bonds is 8. The molecule has 126 valence electrons. The summed E-state index contributed by atoms with van der Waals surface area (Å²) in [6.07, 6.45) is 3.93. The van der Waals surface area contributed by atoms with Gasteiger partial charge in [-0.15, -0.1) is 0 Å². The van der Waals surface area contributed by atoms with Crippen molar-refractivity contribution >= 4 is 11.8 Å². The predicted octanol–water partition coefficient (Wildman–Crippen LogP) is 4.68. The highest BCUT2D eigenvalue weighted by atomic mass is 15.1. The van der Waals surface area contributed by atoms with Crippen molar-refractivity contribution in [2.75, 3.05) is 27.2 Å². The zero-order valence-electron chi connectivity index (χ0n) is 15.1. The van der Waals surface area contributed by atoms with E-state index >= 15 is 0 Å². The van der Waals surface area contributed by atoms with Crippen LogP contribution >= 0.6 is 0 Å². The number of hydrogen-bond donors (Lipinski definition) is 0. The maximum absolute atomic E-state index is 4.84. The molecule has 0 aromatic heterocycles. The molecule has 0 saturated carbocycles. The molecule has 2 heteroatoms. The van der Waals surface area contributed by atoms with Crippen molar-refractivity contribution in [3.05, 3.63) is 77.4 Å². The van der Waals surface area contributed by atoms with E-state index in [1.165, 1.54) is 16.7 Å². The van der Waals surface area contributed by atoms with Gasteiger partial charge in [0.25, 0.3) is 0 Å². The molecule has 0 amide bonds. The molecule has 0 saturated heterocycles. The third kappa shape index (κ3) is 5.17. The molecule has 0 aliphatic carbocycles. The fourth-order valence-electron chi connectivity index (χ4n) is 2.74. The maximum atomic E-state index is 4.84. The summed E-state index contributed by atoms with van der Waals surface area (Å²) in [5.74, 6) is 0. The minimum Gasteiger partial charge on any atom is -0.304 e. The average molecular weight is 320 g/mol. The Morgan fingerprint density at radius 2 is 1.83 bits per heavy atom. The molecular formula is C22H28N2. The SMILES string of the molecule is C=Cc1ccc(Cc2ccccc2)cc1C(CN(C)C)=NCCC. The van der Waals surface area contributed by atoms with Crippen molar-refractivity contribution in [2.24, 2.45) is 4.99 Å². The van der Waals surface area contributed by atoms with Crippen LogP contribution in [0.2, 0.25) is 0 Å². The van der Waals surface area contributed by atoms with Crippen LogP contribution in [-0.2, 0) is 6.42 Å². The standard InChI is InChI=1S/C22H28N2/c1-5-14-23-22(17-24(3)4)21-16-19(12-13-20(21)6-2)15-18-10-8-7-9-11-18/h6-13,16H,2,5,14-15,17H2,1,3-4H3. The van der Waals surface area contributed by atoms with Crippen molar-refractivity contribution < 1.29 is 0 Å². The second-order valence-electron chi connectivity index (χ2n) is 6.35. The first-order valence-corrected chi connectivity index (χ1v) is 8.61. The predicted molar refractivity (Wildman–Crippen MR) is 106 cm³/mol. The van der Waals surface area contributed by atoms with E-state index in [1.54, 1.807) is 0 Å². The van der Waals surface area contributed by atoms with Crippen LogP contribution in [0.1, 0.15) is 35.6 Å². The molecule has 0 heterocycles. The van der Waals surface area contributed by atoms with Crippen molar-refractivity contribution in [1.82, 2.24) is 4.90 Å². The van der Waals surface area contributed by atoms with Crippen LogP contribution < -0.4 is 0 Å². The molecule has 0 N–H and O–H groups in total. The van der Waals surface area contributed by atoms with E-state index in [9.17, 15) is 0 Å². The molecule has 0 bridgehead atoms. The third-order valence-corrected chi connectivity index (χ3v) is 3.89. The Bertz CT molecular complexity index is 684. The lowest BCUT2D eigenvalue weighted by Crippen LogP contribution is -2.23. The van der Waals surface area contributed by atoms with E-state index in [0.717, 1.165) is 37.2 Å². The molecule has 2 rings (SSSR count). The van der Waals surface area contributed by atoms with Crippen LogP contribution in [-0.4, -0.2) is 37.8 Å². The largest absolute Gasteiger partial charge is 0.304 e. The molecule has 2 nitrogen and oxygen atoms in total. The third-order valence-electron chi connectivity index (χ3n) is 3.89. The number of hydrogen-bond acceptors (Lipinski definition) is 2. The topological polar surface area (TPSA) is 15.6 Å². The summed E-state index contributed by atoms with van der Waals surface area (Å²) in [6, 6.07) is 17.2. The summed E-state index contributed by atoms with van der Waals surface area (Å²) in [4.78, 5) is 7.01. The van der Waals surface area contributed by atoms with Gasteiger partial charge in [-0.2, -0.15) is 0 Å². The summed E-state index contributed by atoms with van der Waals surface area (Å²) in [7, 11) is 4.17. The average Bonchev–Trinajstić information content (AvgIpc) is 2.59. The van der Waals surface area contributed by atoms with Crippen LogP contribution in [0.15, 0.2) is 60.1 Å². The summed E-state index contributed by atoms with van der Waals surface area (Å²) in [5.41, 5.74) is 6.15. The molecule has 0 atom stereocenters. The van der Waals surface area contributed by atoms with Gasteiger partial charge in [0.15, 0.2) is 0 Å². The lowest BCUT2D eigenvalue weighted by Gasteiger charge is -2.16. The van der Waals surface area contributed by atoms with Crippen LogP contribution in [0.4, 0.5) is 0 Å². The Balaban J connectivity index is 2.38. The number of likely N-dealkylation sites (N-methyl/N-ethyl adjacent to an activating group) is 1. The minimum atomic E-state index is 0.843. The lowest BCUT2D eigenvalue weighted by molar-refractivity contribution is 0.469. The van der Waals surface area contributed by atoms with E-state index in [0.29, 0.717) is 0 Å². The van der Waals surface area contributed by atoms with Gasteiger partial charge < -0.3 is 4.90 Å². The highest BCUT2D eigenvalue weighted by molar-refractivity contribution is 6.05. The zero-order valence-corrected chi connectivity index (χ0v) is 15.1. The van der Waals surface area contributed by atoms with E-state index in [-0.39, 0.29) is 0 Å². The molecular weight excluding hydrogens is 292 g/mol. The Morgan fingerprint density at radius 3 is 2.46 bits per heavy atom. The fourth-order valence-corrected chi connectivity index (χ4v) is 2.74. The van der Waals surface area contributed by atoms with Crippen LogP contribution in [0.3, 0.4) is 0 Å². The van der Waals surface area contributed by atoms with E-state index < -0.39 is 0 Å². The first-order chi connectivity index (χ1) is 11.6. The lowest BCUT2D eigenvalue weighted by atomic mass is 9.96. The van der Waals surface area contributed by atoms with E-state index in [4.69, 9.17) is 4.99 Å². The monoisotopic (exact) mass is 320 g/mol. The first kappa shape index (κ1) is 18.2. The van der Waals surface area contributed by atoms with Gasteiger partial charge in [-0.25, -0.2) is 0 Å². The Labute approximate surface area is 146 Å². The van der Waals surface area contributed by atoms with Crippen molar-refractivity contribution in [2.45, 2.75) is 19.8 Å². The van der Waals surface area contributed by atoms with Crippen molar-refractivity contribution in [1.29, 1.82) is 0 Å². The second-order valence-corrected chi connectivity index (χ2v) is 6.35. The second kappa shape index (κ2) is 9.19. The molecule has 0 radical (unpaired) electrons. The van der Waals surface area contributed by atoms with Crippen molar-refractivity contribution in [3.8, 4) is 0 Å². The Hall–Kier alpha value is -2.19. The highest BCUT2D eigenvalue weighted by Gasteiger charge is 2.10.